The number of carbonyl (C=O) groups is 1. The van der Waals surface area contributed by atoms with Gasteiger partial charge in [-0.15, -0.1) is 0 Å². The summed E-state index contributed by atoms with van der Waals surface area (Å²) in [7, 11) is -4.29. The van der Waals surface area contributed by atoms with Crippen molar-refractivity contribution < 1.29 is 30.6 Å². The Hall–Kier alpha value is -2.55. The van der Waals surface area contributed by atoms with Gasteiger partial charge in [-0.3, -0.25) is 0 Å². The van der Waals surface area contributed by atoms with Gasteiger partial charge >= 0.3 is 21.6 Å². The van der Waals surface area contributed by atoms with E-state index in [0.717, 1.165) is 0 Å². The number of alkyl halides is 3. The summed E-state index contributed by atoms with van der Waals surface area (Å²) in [5, 5.41) is 0. The lowest BCUT2D eigenvalue weighted by Crippen LogP contribution is -2.31. The Bertz CT molecular complexity index is 942. The minimum Gasteiger partial charge on any atom is -0.344 e. The number of hydrogen-bond acceptors (Lipinski definition) is 5. The third-order valence-electron chi connectivity index (χ3n) is 3.89. The molecule has 9 heteroatoms. The summed E-state index contributed by atoms with van der Waals surface area (Å²) < 4.78 is 63.9. The lowest BCUT2D eigenvalue weighted by Gasteiger charge is -2.34. The number of benzene rings is 1. The molecule has 1 aromatic rings. The number of allylic oxidation sites excluding steroid dienone is 4. The second-order valence-electron chi connectivity index (χ2n) is 5.38. The van der Waals surface area contributed by atoms with Gasteiger partial charge in [0.1, 0.15) is 0 Å². The molecule has 1 heterocycles. The van der Waals surface area contributed by atoms with Gasteiger partial charge in [0.05, 0.1) is 5.57 Å². The van der Waals surface area contributed by atoms with Gasteiger partial charge in [-0.1, -0.05) is 30.4 Å². The molecule has 0 fully saturated rings. The number of halogens is 3. The maximum atomic E-state index is 12.5. The van der Waals surface area contributed by atoms with Crippen molar-refractivity contribution >= 4 is 27.3 Å². The number of rotatable bonds is 2. The molecule has 0 bridgehead atoms. The van der Waals surface area contributed by atoms with Crippen molar-refractivity contribution in [3.05, 3.63) is 59.3 Å². The van der Waals surface area contributed by atoms with E-state index in [9.17, 15) is 26.4 Å². The van der Waals surface area contributed by atoms with Gasteiger partial charge in [0, 0.05) is 24.0 Å². The molecule has 5 nitrogen and oxygen atoms in total. The van der Waals surface area contributed by atoms with Crippen molar-refractivity contribution in [1.29, 1.82) is 0 Å². The van der Waals surface area contributed by atoms with Crippen LogP contribution in [0, 0.1) is 0 Å². The maximum absolute atomic E-state index is 12.5. The van der Waals surface area contributed by atoms with Crippen LogP contribution in [-0.4, -0.2) is 26.9 Å². The Morgan fingerprint density at radius 3 is 2.60 bits per heavy atom. The summed E-state index contributed by atoms with van der Waals surface area (Å²) in [5.74, 6) is -1.55. The van der Waals surface area contributed by atoms with Gasteiger partial charge in [-0.25, -0.2) is 4.79 Å². The standard InChI is InChI=1S/C16H12F3NO4S/c1-20-12-8-4-2-6-10(12)14(11-7-3-5-9-13(11)20)15(21)24-25(22,23)16(17,18)19/h2-6,8-9H,7H2,1H3. The molecular weight excluding hydrogens is 359 g/mol. The van der Waals surface area contributed by atoms with Crippen LogP contribution in [0.5, 0.6) is 0 Å². The molecule has 132 valence electrons. The highest BCUT2D eigenvalue weighted by molar-refractivity contribution is 7.88. The fourth-order valence-corrected chi connectivity index (χ4v) is 3.16. The average molecular weight is 371 g/mol. The van der Waals surface area contributed by atoms with E-state index in [2.05, 4.69) is 4.18 Å². The molecule has 25 heavy (non-hydrogen) atoms. The smallest absolute Gasteiger partial charge is 0.344 e. The largest absolute Gasteiger partial charge is 0.534 e. The fraction of sp³-hybridized carbons (Fsp3) is 0.188. The summed E-state index contributed by atoms with van der Waals surface area (Å²) in [5.41, 5.74) is -3.98. The molecule has 0 saturated carbocycles. The first-order valence-electron chi connectivity index (χ1n) is 7.12. The van der Waals surface area contributed by atoms with Crippen LogP contribution in [0.25, 0.3) is 5.57 Å². The summed E-state index contributed by atoms with van der Waals surface area (Å²) in [6.45, 7) is 0. The van der Waals surface area contributed by atoms with Crippen LogP contribution in [0.4, 0.5) is 18.9 Å². The normalized spacial score (nSPS) is 17.0. The average Bonchev–Trinajstić information content (AvgIpc) is 2.54. The van der Waals surface area contributed by atoms with E-state index in [-0.39, 0.29) is 12.0 Å². The number of carbonyl (C=O) groups excluding carboxylic acids is 1. The molecule has 0 atom stereocenters. The minimum atomic E-state index is -6.03. The van der Waals surface area contributed by atoms with Crippen molar-refractivity contribution in [2.45, 2.75) is 11.9 Å². The third-order valence-corrected chi connectivity index (χ3v) is 4.83. The Morgan fingerprint density at radius 1 is 1.24 bits per heavy atom. The minimum absolute atomic E-state index is 0.183. The van der Waals surface area contributed by atoms with Crippen molar-refractivity contribution in [3.63, 3.8) is 0 Å². The van der Waals surface area contributed by atoms with Gasteiger partial charge in [0.25, 0.3) is 0 Å². The molecule has 0 amide bonds. The first kappa shape index (κ1) is 17.3. The molecule has 0 unspecified atom stereocenters. The molecule has 1 aromatic carbocycles. The number of para-hydroxylation sites is 1. The van der Waals surface area contributed by atoms with E-state index in [1.165, 1.54) is 6.07 Å². The van der Waals surface area contributed by atoms with Gasteiger partial charge in [0.15, 0.2) is 0 Å². The molecule has 0 aromatic heterocycles. The highest BCUT2D eigenvalue weighted by Gasteiger charge is 2.50. The molecule has 1 aliphatic heterocycles. The summed E-state index contributed by atoms with van der Waals surface area (Å²) in [4.78, 5) is 14.1. The van der Waals surface area contributed by atoms with Crippen molar-refractivity contribution in [2.24, 2.45) is 0 Å². The second-order valence-corrected chi connectivity index (χ2v) is 6.92. The topological polar surface area (TPSA) is 63.7 Å². The molecule has 3 rings (SSSR count). The summed E-state index contributed by atoms with van der Waals surface area (Å²) in [6.07, 6.45) is 5.42. The highest BCUT2D eigenvalue weighted by atomic mass is 32.2. The maximum Gasteiger partial charge on any atom is 0.534 e. The molecule has 0 saturated heterocycles. The van der Waals surface area contributed by atoms with Crippen molar-refractivity contribution in [3.8, 4) is 0 Å². The van der Waals surface area contributed by atoms with Gasteiger partial charge in [0.2, 0.25) is 0 Å². The lowest BCUT2D eigenvalue weighted by molar-refractivity contribution is -0.130. The molecular formula is C16H12F3NO4S. The Kier molecular flexibility index (Phi) is 3.98. The quantitative estimate of drug-likeness (QED) is 0.590. The van der Waals surface area contributed by atoms with Crippen LogP contribution in [0.1, 0.15) is 12.0 Å². The second kappa shape index (κ2) is 5.76. The zero-order chi connectivity index (χ0) is 18.4. The monoisotopic (exact) mass is 371 g/mol. The van der Waals surface area contributed by atoms with E-state index >= 15 is 0 Å². The molecule has 1 aliphatic carbocycles. The summed E-state index contributed by atoms with van der Waals surface area (Å²) in [6, 6.07) is 6.52. The SMILES string of the molecule is CN1C2=CC=CCC2=C(C(=O)OS(=O)(=O)C(F)(F)F)c2ccccc21. The van der Waals surface area contributed by atoms with Crippen LogP contribution in [0.3, 0.4) is 0 Å². The third kappa shape index (κ3) is 2.84. The fourth-order valence-electron chi connectivity index (χ4n) is 2.79. The first-order valence-corrected chi connectivity index (χ1v) is 8.53. The van der Waals surface area contributed by atoms with E-state index in [0.29, 0.717) is 22.5 Å². The Labute approximate surface area is 141 Å². The predicted molar refractivity (Wildman–Crippen MR) is 84.7 cm³/mol. The number of fused-ring (bicyclic) bond motifs is 2. The van der Waals surface area contributed by atoms with Crippen LogP contribution in [0.15, 0.2) is 53.8 Å². The predicted octanol–water partition coefficient (Wildman–Crippen LogP) is 3.13. The molecule has 0 N–H and O–H groups in total. The number of hydrogen-bond donors (Lipinski definition) is 0. The Balaban J connectivity index is 2.14. The number of nitrogens with zero attached hydrogens (tertiary/aromatic N) is 1. The lowest BCUT2D eigenvalue weighted by atomic mass is 9.87. The molecule has 2 aliphatic rings. The first-order chi connectivity index (χ1) is 11.6. The zero-order valence-electron chi connectivity index (χ0n) is 12.9. The van der Waals surface area contributed by atoms with E-state index < -0.39 is 21.6 Å². The number of likely N-dealkylation sites (N-methyl/N-ethyl adjacent to an activating group) is 1. The van der Waals surface area contributed by atoms with Crippen molar-refractivity contribution in [2.75, 3.05) is 11.9 Å². The van der Waals surface area contributed by atoms with E-state index in [1.54, 1.807) is 48.4 Å². The van der Waals surface area contributed by atoms with Crippen molar-refractivity contribution in [1.82, 2.24) is 0 Å². The van der Waals surface area contributed by atoms with Gasteiger partial charge in [-0.05, 0) is 24.1 Å². The van der Waals surface area contributed by atoms with Gasteiger partial charge < -0.3 is 9.08 Å². The number of anilines is 1. The van der Waals surface area contributed by atoms with Crippen LogP contribution >= 0.6 is 0 Å². The van der Waals surface area contributed by atoms with Crippen LogP contribution in [-0.2, 0) is 19.1 Å². The Morgan fingerprint density at radius 2 is 1.92 bits per heavy atom. The zero-order valence-corrected chi connectivity index (χ0v) is 13.7. The van der Waals surface area contributed by atoms with Crippen LogP contribution in [0.2, 0.25) is 0 Å². The molecule has 0 spiro atoms. The van der Waals surface area contributed by atoms with Crippen LogP contribution < -0.4 is 4.90 Å². The summed E-state index contributed by atoms with van der Waals surface area (Å²) >= 11 is 0. The van der Waals surface area contributed by atoms with Gasteiger partial charge in [-0.2, -0.15) is 21.6 Å². The van der Waals surface area contributed by atoms with E-state index in [4.69, 9.17) is 0 Å². The highest BCUT2D eigenvalue weighted by Crippen LogP contribution is 2.42. The van der Waals surface area contributed by atoms with E-state index in [1.807, 2.05) is 0 Å². The molecule has 0 radical (unpaired) electrons.